The predicted octanol–water partition coefficient (Wildman–Crippen LogP) is 2.84. The van der Waals surface area contributed by atoms with Crippen LogP contribution in [-0.2, 0) is 4.74 Å². The van der Waals surface area contributed by atoms with E-state index in [2.05, 4.69) is 25.5 Å². The molecule has 1 atom stereocenters. The topological polar surface area (TPSA) is 116 Å². The lowest BCUT2D eigenvalue weighted by Gasteiger charge is -2.10. The summed E-state index contributed by atoms with van der Waals surface area (Å²) in [5.74, 6) is 0.375. The maximum atomic E-state index is 12.0. The van der Waals surface area contributed by atoms with Crippen LogP contribution in [0.1, 0.15) is 6.92 Å². The number of rotatable bonds is 5. The molecule has 0 saturated heterocycles. The van der Waals surface area contributed by atoms with Crippen LogP contribution in [0.3, 0.4) is 0 Å². The maximum absolute atomic E-state index is 12.0. The van der Waals surface area contributed by atoms with Crippen LogP contribution in [0.25, 0.3) is 33.1 Å². The fraction of sp³-hybridized carbons (Fsp3) is 0.167. The molecule has 9 heteroatoms. The first-order valence-electron chi connectivity index (χ1n) is 8.30. The molecule has 8 nitrogen and oxygen atoms in total. The number of imidazole rings is 1. The molecule has 4 N–H and O–H groups in total. The SMILES string of the molecule is CCOC(O)Nc1nc2cc(-c3n[nH]c(=O)c4cccc(Cl)c34)ccc2[nH]1. The standard InChI is InChI=1S/C18H16ClN5O3/c1-2-27-18(26)22-17-20-12-7-6-9(8-13(12)21-17)15-14-10(16(25)24-23-15)4-3-5-11(14)19/h3-8,18,26H,2H2,1H3,(H,24,25)(H2,20,21,22). The van der Waals surface area contributed by atoms with Gasteiger partial charge in [-0.15, -0.1) is 0 Å². The summed E-state index contributed by atoms with van der Waals surface area (Å²) in [5.41, 5.74) is 2.44. The lowest BCUT2D eigenvalue weighted by atomic mass is 10.0. The molecule has 0 bridgehead atoms. The zero-order valence-corrected chi connectivity index (χ0v) is 15.0. The molecule has 0 aliphatic carbocycles. The molecule has 0 aliphatic rings. The monoisotopic (exact) mass is 385 g/mol. The van der Waals surface area contributed by atoms with Crippen LogP contribution in [0.4, 0.5) is 5.95 Å². The van der Waals surface area contributed by atoms with Gasteiger partial charge in [-0.2, -0.15) is 5.10 Å². The van der Waals surface area contributed by atoms with Gasteiger partial charge in [-0.25, -0.2) is 10.1 Å². The van der Waals surface area contributed by atoms with Crippen LogP contribution >= 0.6 is 11.6 Å². The van der Waals surface area contributed by atoms with Crippen molar-refractivity contribution in [2.75, 3.05) is 11.9 Å². The van der Waals surface area contributed by atoms with Gasteiger partial charge in [0, 0.05) is 17.6 Å². The second-order valence-electron chi connectivity index (χ2n) is 5.83. The second kappa shape index (κ2) is 6.99. The molecular weight excluding hydrogens is 370 g/mol. The van der Waals surface area contributed by atoms with Crippen molar-refractivity contribution in [3.8, 4) is 11.3 Å². The molecule has 4 rings (SSSR count). The molecule has 0 fully saturated rings. The third-order valence-electron chi connectivity index (χ3n) is 4.11. The maximum Gasteiger partial charge on any atom is 0.272 e. The molecule has 4 aromatic rings. The first-order chi connectivity index (χ1) is 13.1. The van der Waals surface area contributed by atoms with Gasteiger partial charge in [0.05, 0.1) is 21.4 Å². The number of ether oxygens (including phenoxy) is 1. The van der Waals surface area contributed by atoms with Gasteiger partial charge >= 0.3 is 0 Å². The Balaban J connectivity index is 1.80. The van der Waals surface area contributed by atoms with Gasteiger partial charge in [0.1, 0.15) is 5.69 Å². The van der Waals surface area contributed by atoms with E-state index in [1.165, 1.54) is 0 Å². The number of aliphatic hydroxyl groups excluding tert-OH is 1. The van der Waals surface area contributed by atoms with Crippen molar-refractivity contribution >= 4 is 39.4 Å². The highest BCUT2D eigenvalue weighted by Crippen LogP contribution is 2.31. The Morgan fingerprint density at radius 2 is 2.19 bits per heavy atom. The van der Waals surface area contributed by atoms with Gasteiger partial charge in [0.2, 0.25) is 12.4 Å². The van der Waals surface area contributed by atoms with Crippen LogP contribution in [-0.4, -0.2) is 38.3 Å². The number of nitrogens with one attached hydrogen (secondary N) is 3. The minimum atomic E-state index is -1.15. The summed E-state index contributed by atoms with van der Waals surface area (Å²) in [7, 11) is 0. The lowest BCUT2D eigenvalue weighted by Crippen LogP contribution is -2.22. The summed E-state index contributed by atoms with van der Waals surface area (Å²) in [6, 6.07) is 10.7. The zero-order valence-electron chi connectivity index (χ0n) is 14.3. The van der Waals surface area contributed by atoms with Gasteiger partial charge in [0.25, 0.3) is 5.56 Å². The van der Waals surface area contributed by atoms with Crippen molar-refractivity contribution in [3.63, 3.8) is 0 Å². The molecule has 2 heterocycles. The Kier molecular flexibility index (Phi) is 4.53. The van der Waals surface area contributed by atoms with Crippen LogP contribution in [0.5, 0.6) is 0 Å². The van der Waals surface area contributed by atoms with Crippen molar-refractivity contribution in [3.05, 3.63) is 51.8 Å². The minimum Gasteiger partial charge on any atom is -0.351 e. The van der Waals surface area contributed by atoms with E-state index in [-0.39, 0.29) is 5.56 Å². The number of aromatic nitrogens is 4. The number of benzene rings is 2. The molecule has 0 amide bonds. The summed E-state index contributed by atoms with van der Waals surface area (Å²) >= 11 is 6.33. The van der Waals surface area contributed by atoms with Crippen LogP contribution in [0.2, 0.25) is 5.02 Å². The van der Waals surface area contributed by atoms with E-state index >= 15 is 0 Å². The Morgan fingerprint density at radius 1 is 1.33 bits per heavy atom. The molecule has 0 saturated carbocycles. The third kappa shape index (κ3) is 3.25. The zero-order chi connectivity index (χ0) is 19.0. The first kappa shape index (κ1) is 17.5. The molecule has 1 unspecified atom stereocenters. The summed E-state index contributed by atoms with van der Waals surface area (Å²) in [6.07, 6.45) is -1.15. The van der Waals surface area contributed by atoms with Crippen LogP contribution in [0.15, 0.2) is 41.2 Å². The molecule has 0 aliphatic heterocycles. The number of nitrogens with zero attached hydrogens (tertiary/aromatic N) is 2. The molecule has 138 valence electrons. The summed E-state index contributed by atoms with van der Waals surface area (Å²) in [6.45, 7) is 2.15. The molecule has 0 spiro atoms. The van der Waals surface area contributed by atoms with E-state index in [9.17, 15) is 9.90 Å². The van der Waals surface area contributed by atoms with E-state index < -0.39 is 6.41 Å². The number of hydrogen-bond donors (Lipinski definition) is 4. The van der Waals surface area contributed by atoms with Crippen molar-refractivity contribution in [2.24, 2.45) is 0 Å². The van der Waals surface area contributed by atoms with Gasteiger partial charge in [0.15, 0.2) is 0 Å². The quantitative estimate of drug-likeness (QED) is 0.392. The highest BCUT2D eigenvalue weighted by molar-refractivity contribution is 6.36. The van der Waals surface area contributed by atoms with E-state index in [0.29, 0.717) is 39.6 Å². The average molecular weight is 386 g/mol. The van der Waals surface area contributed by atoms with Gasteiger partial charge < -0.3 is 20.1 Å². The smallest absolute Gasteiger partial charge is 0.272 e. The van der Waals surface area contributed by atoms with Crippen molar-refractivity contribution < 1.29 is 9.84 Å². The largest absolute Gasteiger partial charge is 0.351 e. The summed E-state index contributed by atoms with van der Waals surface area (Å²) in [4.78, 5) is 19.5. The highest BCUT2D eigenvalue weighted by atomic mass is 35.5. The minimum absolute atomic E-state index is 0.298. The summed E-state index contributed by atoms with van der Waals surface area (Å²) < 4.78 is 5.03. The van der Waals surface area contributed by atoms with E-state index in [1.54, 1.807) is 25.1 Å². The number of hydrogen-bond acceptors (Lipinski definition) is 6. The van der Waals surface area contributed by atoms with Crippen molar-refractivity contribution in [1.82, 2.24) is 20.2 Å². The van der Waals surface area contributed by atoms with Crippen molar-refractivity contribution in [2.45, 2.75) is 13.3 Å². The Morgan fingerprint density at radius 3 is 3.00 bits per heavy atom. The number of fused-ring (bicyclic) bond motifs is 2. The van der Waals surface area contributed by atoms with Crippen LogP contribution in [0, 0.1) is 0 Å². The molecule has 0 radical (unpaired) electrons. The molecular formula is C18H16ClN5O3. The lowest BCUT2D eigenvalue weighted by molar-refractivity contribution is -0.0734. The number of anilines is 1. The van der Waals surface area contributed by atoms with E-state index in [0.717, 1.165) is 11.1 Å². The third-order valence-corrected chi connectivity index (χ3v) is 4.42. The van der Waals surface area contributed by atoms with E-state index in [1.807, 2.05) is 18.2 Å². The second-order valence-corrected chi connectivity index (χ2v) is 6.24. The Labute approximate surface area is 158 Å². The Bertz CT molecular complexity index is 1190. The highest BCUT2D eigenvalue weighted by Gasteiger charge is 2.14. The molecule has 2 aromatic heterocycles. The van der Waals surface area contributed by atoms with E-state index in [4.69, 9.17) is 16.3 Å². The van der Waals surface area contributed by atoms with Crippen molar-refractivity contribution in [1.29, 1.82) is 0 Å². The fourth-order valence-corrected chi connectivity index (χ4v) is 3.19. The Hall–Kier alpha value is -2.94. The first-order valence-corrected chi connectivity index (χ1v) is 8.68. The number of aliphatic hydroxyl groups is 1. The normalized spacial score (nSPS) is 12.6. The number of aromatic amines is 2. The van der Waals surface area contributed by atoms with Gasteiger partial charge in [-0.3, -0.25) is 4.79 Å². The molecule has 2 aromatic carbocycles. The van der Waals surface area contributed by atoms with Crippen LogP contribution < -0.4 is 10.9 Å². The fourth-order valence-electron chi connectivity index (χ4n) is 2.92. The average Bonchev–Trinajstić information content (AvgIpc) is 3.04. The predicted molar refractivity (Wildman–Crippen MR) is 104 cm³/mol. The number of H-pyrrole nitrogens is 2. The number of halogens is 1. The van der Waals surface area contributed by atoms with Gasteiger partial charge in [-0.1, -0.05) is 23.7 Å². The summed E-state index contributed by atoms with van der Waals surface area (Å²) in [5, 5.41) is 20.6. The molecule has 27 heavy (non-hydrogen) atoms. The van der Waals surface area contributed by atoms with Gasteiger partial charge in [-0.05, 0) is 31.2 Å².